The van der Waals surface area contributed by atoms with Crippen molar-refractivity contribution in [2.45, 2.75) is 51.3 Å². The van der Waals surface area contributed by atoms with Crippen molar-refractivity contribution in [2.24, 2.45) is 11.8 Å². The lowest BCUT2D eigenvalue weighted by Gasteiger charge is -2.42. The molecule has 5 heteroatoms. The Bertz CT molecular complexity index is 285. The topological polar surface area (TPSA) is 67.6 Å². The van der Waals surface area contributed by atoms with Crippen LogP contribution in [-0.2, 0) is 9.53 Å². The van der Waals surface area contributed by atoms with Gasteiger partial charge >= 0.3 is 0 Å². The molecule has 17 heavy (non-hydrogen) atoms. The van der Waals surface area contributed by atoms with Crippen LogP contribution in [0.1, 0.15) is 33.1 Å². The van der Waals surface area contributed by atoms with E-state index in [9.17, 15) is 4.79 Å². The fourth-order valence-corrected chi connectivity index (χ4v) is 3.10. The molecule has 1 amide bonds. The molecule has 4 unspecified atom stereocenters. The van der Waals surface area contributed by atoms with Crippen LogP contribution >= 0.6 is 0 Å². The van der Waals surface area contributed by atoms with Crippen molar-refractivity contribution in [1.82, 2.24) is 10.3 Å². The molecule has 0 radical (unpaired) electrons. The van der Waals surface area contributed by atoms with Gasteiger partial charge in [0.05, 0.1) is 18.6 Å². The number of nitrogens with zero attached hydrogens (tertiary/aromatic N) is 1. The summed E-state index contributed by atoms with van der Waals surface area (Å²) in [5.41, 5.74) is 2.25. The minimum Gasteiger partial charge on any atom is -0.375 e. The first-order valence-corrected chi connectivity index (χ1v) is 6.53. The Labute approximate surface area is 103 Å². The maximum Gasteiger partial charge on any atom is 0.238 e. The Morgan fingerprint density at radius 2 is 2.24 bits per heavy atom. The molecule has 2 rings (SSSR count). The maximum atomic E-state index is 11.6. The highest BCUT2D eigenvalue weighted by molar-refractivity contribution is 5.78. The van der Waals surface area contributed by atoms with E-state index in [2.05, 4.69) is 17.2 Å². The van der Waals surface area contributed by atoms with Crippen molar-refractivity contribution in [3.8, 4) is 0 Å². The summed E-state index contributed by atoms with van der Waals surface area (Å²) < 4.78 is 5.78. The number of nitrogens with two attached hydrogens (primary N) is 1. The van der Waals surface area contributed by atoms with Crippen LogP contribution in [0.15, 0.2) is 0 Å². The van der Waals surface area contributed by atoms with Crippen LogP contribution in [0, 0.1) is 5.92 Å². The van der Waals surface area contributed by atoms with E-state index in [1.54, 1.807) is 0 Å². The van der Waals surface area contributed by atoms with Crippen molar-refractivity contribution >= 4 is 5.91 Å². The minimum atomic E-state index is -0.0847. The number of hydrogen-bond donors (Lipinski definition) is 2. The number of carbonyl (C=O) groups is 1. The van der Waals surface area contributed by atoms with E-state index in [0.29, 0.717) is 12.1 Å². The number of amides is 1. The zero-order valence-corrected chi connectivity index (χ0v) is 10.7. The number of rotatable bonds is 3. The van der Waals surface area contributed by atoms with Crippen LogP contribution in [0.5, 0.6) is 0 Å². The standard InChI is InChI=1S/C12H23N3O2/c1-8(12(16)14-13)9(2)15-6-7-17-11-5-3-4-10(11)15/h8-11H,3-7,13H2,1-2H3,(H,14,16). The number of hydrogen-bond acceptors (Lipinski definition) is 4. The third kappa shape index (κ3) is 2.46. The first kappa shape index (κ1) is 12.8. The molecule has 0 aromatic carbocycles. The number of ether oxygens (including phenoxy) is 1. The van der Waals surface area contributed by atoms with Gasteiger partial charge in [-0.3, -0.25) is 15.1 Å². The van der Waals surface area contributed by atoms with Gasteiger partial charge in [-0.2, -0.15) is 0 Å². The molecule has 2 aliphatic rings. The van der Waals surface area contributed by atoms with Crippen LogP contribution < -0.4 is 11.3 Å². The van der Waals surface area contributed by atoms with Gasteiger partial charge in [0.1, 0.15) is 0 Å². The van der Waals surface area contributed by atoms with E-state index in [1.807, 2.05) is 6.92 Å². The second kappa shape index (κ2) is 5.33. The Hall–Kier alpha value is -0.650. The summed E-state index contributed by atoms with van der Waals surface area (Å²) in [7, 11) is 0. The number of fused-ring (bicyclic) bond motifs is 1. The molecule has 4 atom stereocenters. The first-order valence-electron chi connectivity index (χ1n) is 6.53. The lowest BCUT2D eigenvalue weighted by molar-refractivity contribution is -0.129. The van der Waals surface area contributed by atoms with Crippen molar-refractivity contribution in [1.29, 1.82) is 0 Å². The van der Waals surface area contributed by atoms with E-state index in [0.717, 1.165) is 19.6 Å². The van der Waals surface area contributed by atoms with E-state index in [4.69, 9.17) is 10.6 Å². The summed E-state index contributed by atoms with van der Waals surface area (Å²) in [6.45, 7) is 5.75. The largest absolute Gasteiger partial charge is 0.375 e. The smallest absolute Gasteiger partial charge is 0.238 e. The number of nitrogens with one attached hydrogen (secondary N) is 1. The van der Waals surface area contributed by atoms with Gasteiger partial charge in [-0.1, -0.05) is 6.92 Å². The predicted octanol–water partition coefficient (Wildman–Crippen LogP) is 0.254. The Morgan fingerprint density at radius 3 is 2.94 bits per heavy atom. The summed E-state index contributed by atoms with van der Waals surface area (Å²) in [4.78, 5) is 14.0. The molecule has 0 spiro atoms. The molecule has 0 aromatic rings. The van der Waals surface area contributed by atoms with E-state index in [1.165, 1.54) is 12.8 Å². The highest BCUT2D eigenvalue weighted by Crippen LogP contribution is 2.32. The lowest BCUT2D eigenvalue weighted by Crippen LogP contribution is -2.56. The molecule has 1 saturated heterocycles. The van der Waals surface area contributed by atoms with Gasteiger partial charge in [0.2, 0.25) is 5.91 Å². The Balaban J connectivity index is 2.02. The summed E-state index contributed by atoms with van der Waals surface area (Å²) in [6, 6.07) is 0.708. The van der Waals surface area contributed by atoms with Crippen LogP contribution in [0.25, 0.3) is 0 Å². The third-order valence-electron chi connectivity index (χ3n) is 4.33. The number of morpholine rings is 1. The van der Waals surface area contributed by atoms with E-state index >= 15 is 0 Å². The maximum absolute atomic E-state index is 11.6. The minimum absolute atomic E-state index is 0.0839. The molecule has 98 valence electrons. The molecule has 1 heterocycles. The van der Waals surface area contributed by atoms with Crippen molar-refractivity contribution < 1.29 is 9.53 Å². The highest BCUT2D eigenvalue weighted by atomic mass is 16.5. The molecule has 0 bridgehead atoms. The molecule has 2 fully saturated rings. The average molecular weight is 241 g/mol. The van der Waals surface area contributed by atoms with Crippen LogP contribution in [0.3, 0.4) is 0 Å². The van der Waals surface area contributed by atoms with E-state index < -0.39 is 0 Å². The molecular formula is C12H23N3O2. The second-order valence-corrected chi connectivity index (χ2v) is 5.18. The van der Waals surface area contributed by atoms with Gasteiger partial charge in [-0.15, -0.1) is 0 Å². The fourth-order valence-electron chi connectivity index (χ4n) is 3.10. The predicted molar refractivity (Wildman–Crippen MR) is 65.0 cm³/mol. The van der Waals surface area contributed by atoms with Crippen molar-refractivity contribution in [2.75, 3.05) is 13.2 Å². The van der Waals surface area contributed by atoms with Crippen LogP contribution in [0.4, 0.5) is 0 Å². The van der Waals surface area contributed by atoms with Crippen molar-refractivity contribution in [3.63, 3.8) is 0 Å². The van der Waals surface area contributed by atoms with E-state index in [-0.39, 0.29) is 17.9 Å². The van der Waals surface area contributed by atoms with Gasteiger partial charge < -0.3 is 4.74 Å². The zero-order valence-electron chi connectivity index (χ0n) is 10.7. The summed E-state index contributed by atoms with van der Waals surface area (Å²) in [5, 5.41) is 0. The Kier molecular flexibility index (Phi) is 4.01. The van der Waals surface area contributed by atoms with Gasteiger partial charge in [-0.05, 0) is 26.2 Å². The average Bonchev–Trinajstić information content (AvgIpc) is 2.83. The molecule has 5 nitrogen and oxygen atoms in total. The summed E-state index contributed by atoms with van der Waals surface area (Å²) >= 11 is 0. The van der Waals surface area contributed by atoms with Gasteiger partial charge in [0.25, 0.3) is 0 Å². The third-order valence-corrected chi connectivity index (χ3v) is 4.33. The van der Waals surface area contributed by atoms with Gasteiger partial charge in [-0.25, -0.2) is 5.84 Å². The summed E-state index contributed by atoms with van der Waals surface area (Å²) in [5.74, 6) is 5.04. The molecule has 1 aliphatic carbocycles. The normalized spacial score (nSPS) is 32.9. The molecule has 3 N–H and O–H groups in total. The van der Waals surface area contributed by atoms with Crippen LogP contribution in [0.2, 0.25) is 0 Å². The number of hydrazine groups is 1. The van der Waals surface area contributed by atoms with Gasteiger partial charge in [0, 0.05) is 18.6 Å². The second-order valence-electron chi connectivity index (χ2n) is 5.18. The zero-order chi connectivity index (χ0) is 12.4. The Morgan fingerprint density at radius 1 is 1.47 bits per heavy atom. The van der Waals surface area contributed by atoms with Crippen LogP contribution in [-0.4, -0.2) is 42.1 Å². The van der Waals surface area contributed by atoms with Gasteiger partial charge in [0.15, 0.2) is 0 Å². The first-order chi connectivity index (χ1) is 8.15. The van der Waals surface area contributed by atoms with Crippen molar-refractivity contribution in [3.05, 3.63) is 0 Å². The molecular weight excluding hydrogens is 218 g/mol. The number of carbonyl (C=O) groups excluding carboxylic acids is 1. The summed E-state index contributed by atoms with van der Waals surface area (Å²) in [6.07, 6.45) is 3.95. The lowest BCUT2D eigenvalue weighted by atomic mass is 9.97. The monoisotopic (exact) mass is 241 g/mol. The molecule has 1 aliphatic heterocycles. The highest BCUT2D eigenvalue weighted by Gasteiger charge is 2.40. The molecule has 1 saturated carbocycles. The fraction of sp³-hybridized carbons (Fsp3) is 0.917. The quantitative estimate of drug-likeness (QED) is 0.422. The SMILES string of the molecule is CC(C(=O)NN)C(C)N1CCOC2CCCC21. The molecule has 0 aromatic heterocycles.